The van der Waals surface area contributed by atoms with E-state index in [1.807, 2.05) is 0 Å². The van der Waals surface area contributed by atoms with Crippen molar-refractivity contribution in [2.24, 2.45) is 0 Å². The fraction of sp³-hybridized carbons (Fsp3) is 0.176. The molecular formula is C17H12F4O4. The summed E-state index contributed by atoms with van der Waals surface area (Å²) in [6.45, 7) is 0.118. The Kier molecular flexibility index (Phi) is 5.41. The molecule has 0 atom stereocenters. The smallest absolute Gasteiger partial charge is 0.335 e. The fourth-order valence-corrected chi connectivity index (χ4v) is 2.52. The second-order valence-electron chi connectivity index (χ2n) is 5.09. The van der Waals surface area contributed by atoms with Crippen LogP contribution in [-0.4, -0.2) is 30.4 Å². The van der Waals surface area contributed by atoms with Crippen LogP contribution in [0.15, 0.2) is 48.5 Å². The lowest BCUT2D eigenvalue weighted by atomic mass is 9.74. The largest absolute Gasteiger partial charge is 0.478 e. The van der Waals surface area contributed by atoms with Crippen molar-refractivity contribution in [3.05, 3.63) is 65.2 Å². The van der Waals surface area contributed by atoms with Crippen LogP contribution >= 0.6 is 0 Å². The summed E-state index contributed by atoms with van der Waals surface area (Å²) >= 11 is 0. The molecule has 25 heavy (non-hydrogen) atoms. The first-order valence-electron chi connectivity index (χ1n) is 6.95. The number of aromatic carboxylic acids is 1. The minimum absolute atomic E-state index is 0.0115. The molecule has 0 unspecified atom stereocenters. The van der Waals surface area contributed by atoms with Gasteiger partial charge in [-0.15, -0.1) is 0 Å². The van der Waals surface area contributed by atoms with Gasteiger partial charge in [-0.2, -0.15) is 0 Å². The summed E-state index contributed by atoms with van der Waals surface area (Å²) in [7, 11) is 0. The van der Waals surface area contributed by atoms with E-state index in [2.05, 4.69) is 4.74 Å². The molecule has 0 amide bonds. The number of hydrogen-bond donors (Lipinski definition) is 1. The summed E-state index contributed by atoms with van der Waals surface area (Å²) in [6.07, 6.45) is -6.94. The molecule has 0 saturated heterocycles. The lowest BCUT2D eigenvalue weighted by Gasteiger charge is -2.33. The third-order valence-electron chi connectivity index (χ3n) is 3.81. The Morgan fingerprint density at radius 3 is 1.72 bits per heavy atom. The topological polar surface area (TPSA) is 63.6 Å². The van der Waals surface area contributed by atoms with Crippen LogP contribution in [-0.2, 0) is 10.2 Å². The Morgan fingerprint density at radius 2 is 1.36 bits per heavy atom. The first kappa shape index (κ1) is 18.4. The zero-order valence-corrected chi connectivity index (χ0v) is 12.5. The molecule has 4 nitrogen and oxygen atoms in total. The monoisotopic (exact) mass is 356 g/mol. The molecule has 0 radical (unpaired) electrons. The molecule has 0 saturated carbocycles. The predicted octanol–water partition coefficient (Wildman–Crippen LogP) is 3.74. The molecule has 0 bridgehead atoms. The minimum atomic E-state index is -3.47. The van der Waals surface area contributed by atoms with E-state index in [0.717, 1.165) is 48.5 Å². The summed E-state index contributed by atoms with van der Waals surface area (Å²) in [5.74, 6) is -1.29. The quantitative estimate of drug-likeness (QED) is 0.606. The van der Waals surface area contributed by atoms with Crippen LogP contribution in [0, 0.1) is 0 Å². The maximum Gasteiger partial charge on any atom is 0.335 e. The van der Waals surface area contributed by atoms with E-state index in [-0.39, 0.29) is 23.3 Å². The van der Waals surface area contributed by atoms with Gasteiger partial charge in [-0.25, -0.2) is 22.4 Å². The number of rotatable bonds is 7. The molecule has 0 fully saturated rings. The molecule has 2 aromatic carbocycles. The number of carboxylic acid groups (broad SMARTS) is 1. The van der Waals surface area contributed by atoms with E-state index in [0.29, 0.717) is 0 Å². The zero-order chi connectivity index (χ0) is 18.6. The van der Waals surface area contributed by atoms with E-state index in [9.17, 15) is 27.2 Å². The maximum absolute atomic E-state index is 13.8. The van der Waals surface area contributed by atoms with Gasteiger partial charge in [-0.05, 0) is 35.4 Å². The maximum atomic E-state index is 13.8. The van der Waals surface area contributed by atoms with E-state index >= 15 is 0 Å². The number of carbonyl (C=O) groups excluding carboxylic acids is 1. The van der Waals surface area contributed by atoms with Crippen molar-refractivity contribution >= 4 is 12.4 Å². The molecule has 2 rings (SSSR count). The standard InChI is InChI=1S/C17H12F4O4/c18-15(19)17(16(20)21,11-3-1-10(2-4-11)14(23)24)12-5-7-13(8-6-12)25-9-22/h1-9,15-16H,(H,23,24). The van der Waals surface area contributed by atoms with Crippen molar-refractivity contribution in [1.29, 1.82) is 0 Å². The van der Waals surface area contributed by atoms with Gasteiger partial charge in [-0.1, -0.05) is 24.3 Å². The molecule has 2 aromatic rings. The first-order valence-corrected chi connectivity index (χ1v) is 6.95. The SMILES string of the molecule is O=COc1ccc(C(c2ccc(C(=O)O)cc2)(C(F)F)C(F)F)cc1. The lowest BCUT2D eigenvalue weighted by Crippen LogP contribution is -2.43. The van der Waals surface area contributed by atoms with Crippen LogP contribution in [0.3, 0.4) is 0 Å². The van der Waals surface area contributed by atoms with Gasteiger partial charge in [0.05, 0.1) is 5.56 Å². The highest BCUT2D eigenvalue weighted by molar-refractivity contribution is 5.87. The van der Waals surface area contributed by atoms with Crippen molar-refractivity contribution in [1.82, 2.24) is 0 Å². The molecule has 0 aliphatic carbocycles. The second-order valence-corrected chi connectivity index (χ2v) is 5.09. The predicted molar refractivity (Wildman–Crippen MR) is 79.3 cm³/mol. The van der Waals surface area contributed by atoms with Crippen molar-refractivity contribution in [2.45, 2.75) is 18.3 Å². The van der Waals surface area contributed by atoms with Gasteiger partial charge < -0.3 is 9.84 Å². The number of carbonyl (C=O) groups is 2. The van der Waals surface area contributed by atoms with Crippen molar-refractivity contribution in [3.8, 4) is 5.75 Å². The van der Waals surface area contributed by atoms with Crippen LogP contribution in [0.25, 0.3) is 0 Å². The number of hydrogen-bond acceptors (Lipinski definition) is 3. The Hall–Kier alpha value is -2.90. The van der Waals surface area contributed by atoms with Gasteiger partial charge in [0.15, 0.2) is 0 Å². The Balaban J connectivity index is 2.61. The van der Waals surface area contributed by atoms with Crippen molar-refractivity contribution in [3.63, 3.8) is 0 Å². The Morgan fingerprint density at radius 1 is 0.920 bits per heavy atom. The van der Waals surface area contributed by atoms with Gasteiger partial charge >= 0.3 is 5.97 Å². The van der Waals surface area contributed by atoms with Crippen molar-refractivity contribution in [2.75, 3.05) is 0 Å². The average Bonchev–Trinajstić information content (AvgIpc) is 2.57. The molecule has 1 N–H and O–H groups in total. The molecular weight excluding hydrogens is 344 g/mol. The Bertz CT molecular complexity index is 734. The number of alkyl halides is 4. The minimum Gasteiger partial charge on any atom is -0.478 e. The normalized spacial score (nSPS) is 11.6. The van der Waals surface area contributed by atoms with Gasteiger partial charge in [0.1, 0.15) is 11.2 Å². The average molecular weight is 356 g/mol. The number of halogens is 4. The summed E-state index contributed by atoms with van der Waals surface area (Å²) in [5.41, 5.74) is -3.97. The molecule has 0 spiro atoms. The molecule has 132 valence electrons. The summed E-state index contributed by atoms with van der Waals surface area (Å²) in [4.78, 5) is 21.1. The number of benzene rings is 2. The zero-order valence-electron chi connectivity index (χ0n) is 12.5. The van der Waals surface area contributed by atoms with Crippen LogP contribution in [0.2, 0.25) is 0 Å². The summed E-state index contributed by atoms with van der Waals surface area (Å²) in [5, 5.41) is 8.86. The van der Waals surface area contributed by atoms with E-state index in [1.54, 1.807) is 0 Å². The van der Waals surface area contributed by atoms with Crippen LogP contribution in [0.4, 0.5) is 17.6 Å². The van der Waals surface area contributed by atoms with Gasteiger partial charge in [0, 0.05) is 0 Å². The van der Waals surface area contributed by atoms with Gasteiger partial charge in [0.25, 0.3) is 19.3 Å². The van der Waals surface area contributed by atoms with Crippen molar-refractivity contribution < 1.29 is 37.0 Å². The highest BCUT2D eigenvalue weighted by Crippen LogP contribution is 2.43. The fourth-order valence-electron chi connectivity index (χ4n) is 2.52. The lowest BCUT2D eigenvalue weighted by molar-refractivity contribution is -0.120. The highest BCUT2D eigenvalue weighted by atomic mass is 19.3. The molecule has 0 aliphatic rings. The molecule has 0 aromatic heterocycles. The molecule has 0 aliphatic heterocycles. The van der Waals surface area contributed by atoms with Crippen LogP contribution in [0.5, 0.6) is 5.75 Å². The Labute approximate surface area is 139 Å². The van der Waals surface area contributed by atoms with E-state index < -0.39 is 29.8 Å². The van der Waals surface area contributed by atoms with E-state index in [4.69, 9.17) is 5.11 Å². The van der Waals surface area contributed by atoms with Crippen LogP contribution in [0.1, 0.15) is 21.5 Å². The second kappa shape index (κ2) is 7.33. The van der Waals surface area contributed by atoms with E-state index in [1.165, 1.54) is 0 Å². The third kappa shape index (κ3) is 3.33. The molecule has 8 heteroatoms. The first-order chi connectivity index (χ1) is 11.8. The number of carboxylic acids is 1. The summed E-state index contributed by atoms with van der Waals surface area (Å²) in [6, 6.07) is 8.13. The third-order valence-corrected chi connectivity index (χ3v) is 3.81. The number of ether oxygens (including phenoxy) is 1. The molecule has 0 heterocycles. The highest BCUT2D eigenvalue weighted by Gasteiger charge is 2.51. The van der Waals surface area contributed by atoms with Crippen LogP contribution < -0.4 is 4.74 Å². The van der Waals surface area contributed by atoms with Gasteiger partial charge in [-0.3, -0.25) is 4.79 Å². The summed E-state index contributed by atoms with van der Waals surface area (Å²) < 4.78 is 59.7. The van der Waals surface area contributed by atoms with Gasteiger partial charge in [0.2, 0.25) is 0 Å².